The lowest BCUT2D eigenvalue weighted by molar-refractivity contribution is 0.0502. The molecule has 2 amide bonds. The number of thiophene rings is 1. The molecule has 11 heteroatoms. The lowest BCUT2D eigenvalue weighted by Crippen LogP contribution is -2.41. The molecule has 0 aromatic carbocycles. The van der Waals surface area contributed by atoms with Crippen molar-refractivity contribution in [2.45, 2.75) is 45.4 Å². The first kappa shape index (κ1) is 22.8. The highest BCUT2D eigenvalue weighted by molar-refractivity contribution is 7.17. The van der Waals surface area contributed by atoms with Gasteiger partial charge >= 0.3 is 6.09 Å². The maximum Gasteiger partial charge on any atom is 0.407 e. The van der Waals surface area contributed by atoms with Gasteiger partial charge in [-0.05, 0) is 50.3 Å². The predicted octanol–water partition coefficient (Wildman–Crippen LogP) is 3.58. The number of anilines is 1. The van der Waals surface area contributed by atoms with E-state index in [1.54, 1.807) is 31.9 Å². The lowest BCUT2D eigenvalue weighted by atomic mass is 10.2. The van der Waals surface area contributed by atoms with Crippen LogP contribution in [0.3, 0.4) is 0 Å². The molecule has 2 N–H and O–H groups in total. The highest BCUT2D eigenvalue weighted by atomic mass is 32.1. The number of aromatic nitrogens is 3. The van der Waals surface area contributed by atoms with Crippen molar-refractivity contribution in [1.82, 2.24) is 25.2 Å². The van der Waals surface area contributed by atoms with Crippen molar-refractivity contribution >= 4 is 39.5 Å². The second-order valence-electron chi connectivity index (χ2n) is 8.78. The highest BCUT2D eigenvalue weighted by Crippen LogP contribution is 2.26. The summed E-state index contributed by atoms with van der Waals surface area (Å²) in [5.41, 5.74) is 0.996. The number of carbonyl (C=O) groups is 2. The third-order valence-corrected chi connectivity index (χ3v) is 5.82. The van der Waals surface area contributed by atoms with Crippen LogP contribution in [0.25, 0.3) is 10.2 Å². The number of halogens is 1. The van der Waals surface area contributed by atoms with Crippen LogP contribution in [0.2, 0.25) is 0 Å². The van der Waals surface area contributed by atoms with E-state index >= 15 is 0 Å². The van der Waals surface area contributed by atoms with Gasteiger partial charge in [0.1, 0.15) is 11.4 Å². The van der Waals surface area contributed by atoms with Crippen molar-refractivity contribution in [2.24, 2.45) is 0 Å². The third kappa shape index (κ3) is 5.72. The number of alkyl carbamates (subject to hydrolysis) is 1. The van der Waals surface area contributed by atoms with E-state index in [4.69, 9.17) is 4.74 Å². The average molecular weight is 473 g/mol. The van der Waals surface area contributed by atoms with E-state index in [-0.39, 0.29) is 24.4 Å². The predicted molar refractivity (Wildman–Crippen MR) is 123 cm³/mol. The summed E-state index contributed by atoms with van der Waals surface area (Å²) >= 11 is 1.39. The summed E-state index contributed by atoms with van der Waals surface area (Å²) in [5, 5.41) is 7.72. The second-order valence-corrected chi connectivity index (χ2v) is 9.69. The van der Waals surface area contributed by atoms with Crippen molar-refractivity contribution in [3.05, 3.63) is 47.0 Å². The van der Waals surface area contributed by atoms with Gasteiger partial charge in [0.2, 0.25) is 5.95 Å². The van der Waals surface area contributed by atoms with Crippen LogP contribution in [-0.4, -0.2) is 56.6 Å². The Morgan fingerprint density at radius 2 is 2.12 bits per heavy atom. The molecule has 0 saturated carbocycles. The van der Waals surface area contributed by atoms with E-state index in [1.165, 1.54) is 17.4 Å². The van der Waals surface area contributed by atoms with E-state index in [0.29, 0.717) is 41.0 Å². The fourth-order valence-electron chi connectivity index (χ4n) is 3.51. The molecule has 1 atom stereocenters. The number of hydrogen-bond donors (Lipinski definition) is 2. The maximum absolute atomic E-state index is 13.4. The fourth-order valence-corrected chi connectivity index (χ4v) is 4.32. The molecule has 1 aliphatic rings. The largest absolute Gasteiger partial charge is 0.444 e. The van der Waals surface area contributed by atoms with Crippen LogP contribution < -0.4 is 10.6 Å². The van der Waals surface area contributed by atoms with Crippen LogP contribution in [-0.2, 0) is 11.3 Å². The number of hydrogen-bond acceptors (Lipinski definition) is 8. The van der Waals surface area contributed by atoms with Crippen molar-refractivity contribution in [3.63, 3.8) is 0 Å². The van der Waals surface area contributed by atoms with Gasteiger partial charge in [0, 0.05) is 25.8 Å². The zero-order valence-corrected chi connectivity index (χ0v) is 19.4. The summed E-state index contributed by atoms with van der Waals surface area (Å²) < 4.78 is 19.4. The Bertz CT molecular complexity index is 1180. The van der Waals surface area contributed by atoms with Crippen LogP contribution in [0.5, 0.6) is 0 Å². The minimum atomic E-state index is -0.588. The van der Waals surface area contributed by atoms with E-state index in [2.05, 4.69) is 25.6 Å². The topological polar surface area (TPSA) is 109 Å². The molecule has 3 aromatic rings. The Balaban J connectivity index is 1.46. The summed E-state index contributed by atoms with van der Waals surface area (Å²) in [4.78, 5) is 39.8. The number of fused-ring (bicyclic) bond motifs is 1. The van der Waals surface area contributed by atoms with Crippen molar-refractivity contribution < 1.29 is 18.7 Å². The van der Waals surface area contributed by atoms with E-state index in [1.807, 2.05) is 11.4 Å². The number of ether oxygens (including phenoxy) is 1. The molecule has 0 radical (unpaired) electrons. The smallest absolute Gasteiger partial charge is 0.407 e. The molecule has 3 aromatic heterocycles. The van der Waals surface area contributed by atoms with Gasteiger partial charge in [0.25, 0.3) is 5.91 Å². The van der Waals surface area contributed by atoms with E-state index in [0.717, 1.165) is 6.20 Å². The molecule has 33 heavy (non-hydrogen) atoms. The van der Waals surface area contributed by atoms with Gasteiger partial charge in [-0.1, -0.05) is 0 Å². The van der Waals surface area contributed by atoms with Crippen molar-refractivity contribution in [1.29, 1.82) is 0 Å². The molecule has 174 valence electrons. The standard InChI is InChI=1S/C22H25FN6O3S/c1-22(2,3)32-21(31)26-15-4-6-29(12-15)19(30)17-18-16(5-7-33-18)27-20(28-17)25-10-13-8-14(23)11-24-9-13/h5,7-9,11,15H,4,6,10,12H2,1-3H3,(H,26,31)(H,25,27,28). The monoisotopic (exact) mass is 472 g/mol. The molecule has 1 saturated heterocycles. The molecule has 0 spiro atoms. The van der Waals surface area contributed by atoms with Crippen LogP contribution in [0.4, 0.5) is 15.1 Å². The summed E-state index contributed by atoms with van der Waals surface area (Å²) in [7, 11) is 0. The van der Waals surface area contributed by atoms with Gasteiger partial charge in [-0.3, -0.25) is 9.78 Å². The Labute approximate surface area is 194 Å². The van der Waals surface area contributed by atoms with Gasteiger partial charge in [0.15, 0.2) is 5.69 Å². The van der Waals surface area contributed by atoms with Crippen molar-refractivity contribution in [3.8, 4) is 0 Å². The fraction of sp³-hybridized carbons (Fsp3) is 0.409. The van der Waals surface area contributed by atoms with Gasteiger partial charge in [0.05, 0.1) is 22.5 Å². The molecule has 4 rings (SSSR count). The number of amides is 2. The molecule has 4 heterocycles. The number of carbonyl (C=O) groups excluding carboxylic acids is 2. The average Bonchev–Trinajstić information content (AvgIpc) is 3.39. The number of pyridine rings is 1. The Morgan fingerprint density at radius 1 is 1.30 bits per heavy atom. The first-order valence-corrected chi connectivity index (χ1v) is 11.4. The summed E-state index contributed by atoms with van der Waals surface area (Å²) in [6.45, 7) is 6.53. The van der Waals surface area contributed by atoms with Crippen molar-refractivity contribution in [2.75, 3.05) is 18.4 Å². The summed E-state index contributed by atoms with van der Waals surface area (Å²) in [6, 6.07) is 3.00. The Hall–Kier alpha value is -3.34. The van der Waals surface area contributed by atoms with Gasteiger partial charge in [-0.2, -0.15) is 0 Å². The third-order valence-electron chi connectivity index (χ3n) is 4.91. The van der Waals surface area contributed by atoms with Gasteiger partial charge in [-0.25, -0.2) is 19.2 Å². The van der Waals surface area contributed by atoms with E-state index in [9.17, 15) is 14.0 Å². The van der Waals surface area contributed by atoms with E-state index < -0.39 is 17.5 Å². The zero-order chi connectivity index (χ0) is 23.6. The molecule has 1 aliphatic heterocycles. The molecular formula is C22H25FN6O3S. The minimum absolute atomic E-state index is 0.192. The lowest BCUT2D eigenvalue weighted by Gasteiger charge is -2.22. The first-order valence-electron chi connectivity index (χ1n) is 10.6. The SMILES string of the molecule is CC(C)(C)OC(=O)NC1CCN(C(=O)c2nc(NCc3cncc(F)c3)nc3ccsc23)C1. The van der Waals surface area contributed by atoms with Crippen LogP contribution in [0.1, 0.15) is 43.2 Å². The second kappa shape index (κ2) is 9.26. The number of nitrogens with zero attached hydrogens (tertiary/aromatic N) is 4. The molecule has 0 bridgehead atoms. The molecular weight excluding hydrogens is 447 g/mol. The Kier molecular flexibility index (Phi) is 6.41. The highest BCUT2D eigenvalue weighted by Gasteiger charge is 2.31. The van der Waals surface area contributed by atoms with Gasteiger partial charge in [-0.15, -0.1) is 11.3 Å². The van der Waals surface area contributed by atoms with Crippen LogP contribution in [0.15, 0.2) is 29.9 Å². The quantitative estimate of drug-likeness (QED) is 0.584. The summed E-state index contributed by atoms with van der Waals surface area (Å²) in [5.74, 6) is -0.382. The molecule has 1 fully saturated rings. The Morgan fingerprint density at radius 3 is 2.88 bits per heavy atom. The molecule has 1 unspecified atom stereocenters. The summed E-state index contributed by atoms with van der Waals surface area (Å²) in [6.07, 6.45) is 2.81. The number of nitrogens with one attached hydrogen (secondary N) is 2. The first-order chi connectivity index (χ1) is 15.7. The normalized spacial score (nSPS) is 16.1. The van der Waals surface area contributed by atoms with Crippen LogP contribution in [0, 0.1) is 5.82 Å². The maximum atomic E-state index is 13.4. The molecule has 0 aliphatic carbocycles. The van der Waals surface area contributed by atoms with Gasteiger partial charge < -0.3 is 20.3 Å². The zero-order valence-electron chi connectivity index (χ0n) is 18.6. The van der Waals surface area contributed by atoms with Crippen LogP contribution >= 0.6 is 11.3 Å². The minimum Gasteiger partial charge on any atom is -0.444 e. The number of likely N-dealkylation sites (tertiary alicyclic amines) is 1. The number of rotatable bonds is 5. The molecule has 9 nitrogen and oxygen atoms in total.